The van der Waals surface area contributed by atoms with Gasteiger partial charge in [-0.25, -0.2) is 4.98 Å². The molecule has 6 nitrogen and oxygen atoms in total. The molecular weight excluding hydrogens is 422 g/mol. The average Bonchev–Trinajstić information content (AvgIpc) is 3.42. The fourth-order valence-corrected chi connectivity index (χ4v) is 4.08. The van der Waals surface area contributed by atoms with E-state index in [1.54, 1.807) is 37.6 Å². The van der Waals surface area contributed by atoms with Crippen molar-refractivity contribution in [3.8, 4) is 10.6 Å². The third kappa shape index (κ3) is 4.37. The number of rotatable bonds is 6. The molecule has 1 N–H and O–H groups in total. The van der Waals surface area contributed by atoms with E-state index >= 15 is 0 Å². The summed E-state index contributed by atoms with van der Waals surface area (Å²) in [6.45, 7) is 0.200. The van der Waals surface area contributed by atoms with Gasteiger partial charge in [0.05, 0.1) is 45.3 Å². The van der Waals surface area contributed by atoms with Gasteiger partial charge < -0.3 is 14.6 Å². The Bertz CT molecular complexity index is 1200. The highest BCUT2D eigenvalue weighted by atomic mass is 35.5. The first-order chi connectivity index (χ1) is 14.5. The highest BCUT2D eigenvalue weighted by molar-refractivity contribution is 7.19. The second-order valence-corrected chi connectivity index (χ2v) is 8.41. The zero-order chi connectivity index (χ0) is 21.1. The molecule has 30 heavy (non-hydrogen) atoms. The maximum atomic E-state index is 13.2. The van der Waals surface area contributed by atoms with Gasteiger partial charge in [-0.3, -0.25) is 9.59 Å². The van der Waals surface area contributed by atoms with E-state index in [0.717, 1.165) is 10.3 Å². The Kier molecular flexibility index (Phi) is 5.83. The molecule has 0 fully saturated rings. The second kappa shape index (κ2) is 8.69. The van der Waals surface area contributed by atoms with Crippen LogP contribution in [0.25, 0.3) is 21.5 Å². The lowest BCUT2D eigenvalue weighted by molar-refractivity contribution is -0.121. The van der Waals surface area contributed by atoms with Crippen molar-refractivity contribution in [1.29, 1.82) is 0 Å². The molecule has 0 saturated heterocycles. The van der Waals surface area contributed by atoms with Gasteiger partial charge in [-0.15, -0.1) is 11.3 Å². The normalized spacial score (nSPS) is 10.9. The first-order valence-electron chi connectivity index (χ1n) is 9.21. The van der Waals surface area contributed by atoms with Crippen molar-refractivity contribution in [3.05, 3.63) is 76.5 Å². The van der Waals surface area contributed by atoms with Crippen LogP contribution in [-0.2, 0) is 11.3 Å². The Balaban J connectivity index is 1.57. The first-order valence-corrected chi connectivity index (χ1v) is 10.4. The summed E-state index contributed by atoms with van der Waals surface area (Å²) in [5.74, 6) is 0.119. The number of hydrogen-bond acceptors (Lipinski definition) is 5. The fourth-order valence-electron chi connectivity index (χ4n) is 3.08. The van der Waals surface area contributed by atoms with Crippen LogP contribution < -0.4 is 5.32 Å². The van der Waals surface area contributed by atoms with Crippen molar-refractivity contribution in [3.63, 3.8) is 0 Å². The number of hydrogen-bond donors (Lipinski definition) is 1. The van der Waals surface area contributed by atoms with E-state index in [0.29, 0.717) is 26.9 Å². The molecule has 3 heterocycles. The van der Waals surface area contributed by atoms with E-state index in [1.807, 2.05) is 30.3 Å². The number of carbonyl (C=O) groups is 2. The molecule has 0 unspecified atom stereocenters. The molecule has 0 saturated carbocycles. The van der Waals surface area contributed by atoms with Crippen LogP contribution in [-0.4, -0.2) is 35.3 Å². The topological polar surface area (TPSA) is 75.4 Å². The lowest BCUT2D eigenvalue weighted by Crippen LogP contribution is -2.38. The van der Waals surface area contributed by atoms with E-state index in [9.17, 15) is 9.59 Å². The van der Waals surface area contributed by atoms with E-state index in [-0.39, 0.29) is 24.9 Å². The third-order valence-electron chi connectivity index (χ3n) is 4.54. The maximum Gasteiger partial charge on any atom is 0.254 e. The van der Waals surface area contributed by atoms with E-state index < -0.39 is 0 Å². The zero-order valence-corrected chi connectivity index (χ0v) is 17.7. The van der Waals surface area contributed by atoms with Crippen LogP contribution in [0.2, 0.25) is 4.34 Å². The van der Waals surface area contributed by atoms with Gasteiger partial charge in [-0.2, -0.15) is 0 Å². The molecule has 0 bridgehead atoms. The molecule has 4 rings (SSSR count). The van der Waals surface area contributed by atoms with Crippen molar-refractivity contribution >= 4 is 45.7 Å². The van der Waals surface area contributed by atoms with Gasteiger partial charge in [0.1, 0.15) is 5.76 Å². The van der Waals surface area contributed by atoms with Gasteiger partial charge in [0.2, 0.25) is 5.91 Å². The quantitative estimate of drug-likeness (QED) is 0.476. The molecule has 0 aliphatic carbocycles. The summed E-state index contributed by atoms with van der Waals surface area (Å²) < 4.78 is 5.85. The van der Waals surface area contributed by atoms with Gasteiger partial charge in [-0.1, -0.05) is 29.8 Å². The molecule has 0 spiro atoms. The number of amides is 2. The van der Waals surface area contributed by atoms with E-state index in [2.05, 4.69) is 10.3 Å². The van der Waals surface area contributed by atoms with Crippen LogP contribution in [0.4, 0.5) is 0 Å². The number of fused-ring (bicyclic) bond motifs is 1. The summed E-state index contributed by atoms with van der Waals surface area (Å²) in [6.07, 6.45) is 1.55. The van der Waals surface area contributed by atoms with Crippen LogP contribution in [0.1, 0.15) is 16.1 Å². The molecule has 0 radical (unpaired) electrons. The number of likely N-dealkylation sites (N-methyl/N-ethyl adjacent to an activating group) is 1. The second-order valence-electron chi connectivity index (χ2n) is 6.69. The number of benzene rings is 1. The predicted molar refractivity (Wildman–Crippen MR) is 118 cm³/mol. The van der Waals surface area contributed by atoms with Gasteiger partial charge in [0, 0.05) is 12.4 Å². The number of pyridine rings is 1. The van der Waals surface area contributed by atoms with Crippen LogP contribution in [0, 0.1) is 0 Å². The molecule has 0 atom stereocenters. The van der Waals surface area contributed by atoms with E-state index in [1.165, 1.54) is 16.2 Å². The van der Waals surface area contributed by atoms with Gasteiger partial charge in [0.15, 0.2) is 0 Å². The van der Waals surface area contributed by atoms with Crippen LogP contribution in [0.5, 0.6) is 0 Å². The van der Waals surface area contributed by atoms with Crippen molar-refractivity contribution in [2.24, 2.45) is 0 Å². The standard InChI is InChI=1S/C22H18ClN3O3S/c1-26(13-21(27)24-12-14-5-4-10-29-14)22(28)16-11-18(19-8-9-20(23)30-19)25-17-7-3-2-6-15(16)17/h2-11H,12-13H2,1H3,(H,24,27). The summed E-state index contributed by atoms with van der Waals surface area (Å²) in [5.41, 5.74) is 1.87. The summed E-state index contributed by atoms with van der Waals surface area (Å²) in [4.78, 5) is 32.4. The number of aromatic nitrogens is 1. The summed E-state index contributed by atoms with van der Waals surface area (Å²) in [5, 5.41) is 3.48. The molecule has 3 aromatic heterocycles. The first kappa shape index (κ1) is 20.1. The van der Waals surface area contributed by atoms with Crippen molar-refractivity contribution in [2.45, 2.75) is 6.54 Å². The Morgan fingerprint density at radius 2 is 2.00 bits per heavy atom. The summed E-state index contributed by atoms with van der Waals surface area (Å²) >= 11 is 7.47. The maximum absolute atomic E-state index is 13.2. The van der Waals surface area contributed by atoms with E-state index in [4.69, 9.17) is 16.0 Å². The SMILES string of the molecule is CN(CC(=O)NCc1ccco1)C(=O)c1cc(-c2ccc(Cl)s2)nc2ccccc12. The van der Waals surface area contributed by atoms with Crippen molar-refractivity contribution in [2.75, 3.05) is 13.6 Å². The third-order valence-corrected chi connectivity index (χ3v) is 5.79. The number of nitrogens with zero attached hydrogens (tertiary/aromatic N) is 2. The Labute approximate surface area is 182 Å². The molecule has 152 valence electrons. The van der Waals surface area contributed by atoms with Crippen LogP contribution in [0.15, 0.2) is 65.3 Å². The molecular formula is C22H18ClN3O3S. The predicted octanol–water partition coefficient (Wildman–Crippen LogP) is 4.60. The minimum atomic E-state index is -0.272. The number of thiophene rings is 1. The minimum Gasteiger partial charge on any atom is -0.467 e. The summed E-state index contributed by atoms with van der Waals surface area (Å²) in [7, 11) is 1.60. The smallest absolute Gasteiger partial charge is 0.254 e. The number of nitrogens with one attached hydrogen (secondary N) is 1. The number of halogens is 1. The average molecular weight is 440 g/mol. The Morgan fingerprint density at radius 1 is 1.17 bits per heavy atom. The van der Waals surface area contributed by atoms with Gasteiger partial charge in [-0.05, 0) is 36.4 Å². The number of para-hydroxylation sites is 1. The largest absolute Gasteiger partial charge is 0.467 e. The number of furan rings is 1. The highest BCUT2D eigenvalue weighted by Gasteiger charge is 2.20. The molecule has 0 aliphatic heterocycles. The van der Waals surface area contributed by atoms with Gasteiger partial charge >= 0.3 is 0 Å². The summed E-state index contributed by atoms with van der Waals surface area (Å²) in [6, 6.07) is 16.4. The van der Waals surface area contributed by atoms with Crippen LogP contribution >= 0.6 is 22.9 Å². The monoisotopic (exact) mass is 439 g/mol. The minimum absolute atomic E-state index is 0.0731. The number of carbonyl (C=O) groups excluding carboxylic acids is 2. The highest BCUT2D eigenvalue weighted by Crippen LogP contribution is 2.32. The molecule has 8 heteroatoms. The Hall–Kier alpha value is -3.16. The molecule has 2 amide bonds. The lowest BCUT2D eigenvalue weighted by atomic mass is 10.1. The zero-order valence-electron chi connectivity index (χ0n) is 16.1. The fraction of sp³-hybridized carbons (Fsp3) is 0.136. The molecule has 1 aromatic carbocycles. The molecule has 0 aliphatic rings. The molecule has 4 aromatic rings. The lowest BCUT2D eigenvalue weighted by Gasteiger charge is -2.18. The van der Waals surface area contributed by atoms with Gasteiger partial charge in [0.25, 0.3) is 5.91 Å². The Morgan fingerprint density at radius 3 is 2.73 bits per heavy atom. The van der Waals surface area contributed by atoms with Crippen molar-refractivity contribution < 1.29 is 14.0 Å². The van der Waals surface area contributed by atoms with Crippen molar-refractivity contribution in [1.82, 2.24) is 15.2 Å². The van der Waals surface area contributed by atoms with Crippen LogP contribution in [0.3, 0.4) is 0 Å².